The summed E-state index contributed by atoms with van der Waals surface area (Å²) in [7, 11) is 3.24. The number of benzene rings is 3. The van der Waals surface area contributed by atoms with Crippen molar-refractivity contribution in [3.05, 3.63) is 94.7 Å². The summed E-state index contributed by atoms with van der Waals surface area (Å²) in [5, 5.41) is 14.5. The smallest absolute Gasteiger partial charge is 0.352 e. The largest absolute Gasteiger partial charge is 0.497 e. The summed E-state index contributed by atoms with van der Waals surface area (Å²) in [6.07, 6.45) is 0. The van der Waals surface area contributed by atoms with Gasteiger partial charge in [-0.1, -0.05) is 42.0 Å². The predicted molar refractivity (Wildman–Crippen MR) is 129 cm³/mol. The number of carboxylic acid groups (broad SMARTS) is 1. The second kappa shape index (κ2) is 9.79. The molecule has 33 heavy (non-hydrogen) atoms. The van der Waals surface area contributed by atoms with Crippen molar-refractivity contribution < 1.29 is 19.4 Å². The first-order valence-electron chi connectivity index (χ1n) is 10.8. The number of aromatic nitrogens is 1. The second-order valence-corrected chi connectivity index (χ2v) is 8.04. The van der Waals surface area contributed by atoms with Crippen LogP contribution in [0.2, 0.25) is 0 Å². The number of aryl methyl sites for hydroxylation is 1. The molecule has 0 saturated carbocycles. The topological polar surface area (TPSA) is 72.7 Å². The Hall–Kier alpha value is -3.77. The zero-order valence-electron chi connectivity index (χ0n) is 19.1. The molecule has 0 atom stereocenters. The Labute approximate surface area is 193 Å². The number of ether oxygens (including phenoxy) is 2. The van der Waals surface area contributed by atoms with Crippen molar-refractivity contribution in [2.24, 2.45) is 0 Å². The molecule has 3 aromatic carbocycles. The molecule has 1 heterocycles. The number of nitrogens with one attached hydrogen (secondary N) is 1. The van der Waals surface area contributed by atoms with Gasteiger partial charge < -0.3 is 24.5 Å². The highest BCUT2D eigenvalue weighted by molar-refractivity contribution is 5.98. The van der Waals surface area contributed by atoms with Crippen LogP contribution >= 0.6 is 0 Å². The van der Waals surface area contributed by atoms with Crippen LogP contribution in [-0.4, -0.2) is 29.9 Å². The number of carbonyl (C=O) groups is 1. The lowest BCUT2D eigenvalue weighted by Crippen LogP contribution is -2.17. The third-order valence-electron chi connectivity index (χ3n) is 5.79. The number of hydrogen-bond acceptors (Lipinski definition) is 4. The Morgan fingerprint density at radius 3 is 2.30 bits per heavy atom. The van der Waals surface area contributed by atoms with Gasteiger partial charge in [0.15, 0.2) is 0 Å². The van der Waals surface area contributed by atoms with Crippen LogP contribution in [0.25, 0.3) is 10.9 Å². The molecule has 1 aromatic heterocycles. The lowest BCUT2D eigenvalue weighted by molar-refractivity contribution is 0.0684. The summed E-state index contributed by atoms with van der Waals surface area (Å²) < 4.78 is 12.5. The Morgan fingerprint density at radius 1 is 0.909 bits per heavy atom. The molecule has 0 unspecified atom stereocenters. The predicted octanol–water partition coefficient (Wildman–Crippen LogP) is 5.00. The van der Waals surface area contributed by atoms with Gasteiger partial charge in [0.1, 0.15) is 17.2 Å². The molecule has 0 amide bonds. The van der Waals surface area contributed by atoms with Crippen LogP contribution in [0.5, 0.6) is 11.5 Å². The van der Waals surface area contributed by atoms with E-state index in [1.807, 2.05) is 53.1 Å². The molecule has 0 spiro atoms. The maximum absolute atomic E-state index is 12.4. The molecule has 6 heteroatoms. The van der Waals surface area contributed by atoms with Crippen molar-refractivity contribution in [1.82, 2.24) is 9.88 Å². The number of methoxy groups -OCH3 is 2. The molecule has 0 aliphatic rings. The van der Waals surface area contributed by atoms with Gasteiger partial charge in [0, 0.05) is 36.7 Å². The minimum absolute atomic E-state index is 0.283. The summed E-state index contributed by atoms with van der Waals surface area (Å²) in [5.74, 6) is 0.496. The van der Waals surface area contributed by atoms with E-state index in [0.29, 0.717) is 25.4 Å². The third kappa shape index (κ3) is 4.86. The van der Waals surface area contributed by atoms with E-state index in [1.54, 1.807) is 14.2 Å². The van der Waals surface area contributed by atoms with Crippen molar-refractivity contribution in [3.63, 3.8) is 0 Å². The summed E-state index contributed by atoms with van der Waals surface area (Å²) in [5.41, 5.74) is 5.22. The minimum atomic E-state index is -0.953. The van der Waals surface area contributed by atoms with Gasteiger partial charge in [0.25, 0.3) is 0 Å². The molecule has 6 nitrogen and oxygen atoms in total. The maximum Gasteiger partial charge on any atom is 0.352 e. The first-order valence-corrected chi connectivity index (χ1v) is 10.8. The van der Waals surface area contributed by atoms with Gasteiger partial charge in [0.2, 0.25) is 0 Å². The zero-order chi connectivity index (χ0) is 23.4. The van der Waals surface area contributed by atoms with Crippen LogP contribution in [-0.2, 0) is 19.6 Å². The Morgan fingerprint density at radius 2 is 1.64 bits per heavy atom. The van der Waals surface area contributed by atoms with Crippen molar-refractivity contribution in [3.8, 4) is 11.5 Å². The fraction of sp³-hybridized carbons (Fsp3) is 0.222. The summed E-state index contributed by atoms with van der Waals surface area (Å²) in [6, 6.07) is 21.7. The van der Waals surface area contributed by atoms with E-state index in [1.165, 1.54) is 5.56 Å². The van der Waals surface area contributed by atoms with Gasteiger partial charge >= 0.3 is 5.97 Å². The first-order chi connectivity index (χ1) is 16.0. The Balaban J connectivity index is 1.73. The van der Waals surface area contributed by atoms with Crippen LogP contribution in [0, 0.1) is 6.92 Å². The normalized spacial score (nSPS) is 11.0. The number of hydrogen-bond donors (Lipinski definition) is 2. The Bertz CT molecular complexity index is 1280. The van der Waals surface area contributed by atoms with Crippen molar-refractivity contribution >= 4 is 16.9 Å². The number of nitrogens with zero attached hydrogens (tertiary/aromatic N) is 1. The van der Waals surface area contributed by atoms with Crippen LogP contribution in [0.3, 0.4) is 0 Å². The standard InChI is InChI=1S/C27H28N2O4/c1-18-5-4-6-20(13-18)15-28-16-24-23-12-11-22(33-3)14-25(23)29(26(24)27(30)31)17-19-7-9-21(32-2)10-8-19/h4-14,28H,15-17H2,1-3H3,(H,30,31). The average molecular weight is 445 g/mol. The highest BCUT2D eigenvalue weighted by Gasteiger charge is 2.23. The van der Waals surface area contributed by atoms with Crippen LogP contribution < -0.4 is 14.8 Å². The monoisotopic (exact) mass is 444 g/mol. The average Bonchev–Trinajstić information content (AvgIpc) is 3.12. The molecule has 4 rings (SSSR count). The minimum Gasteiger partial charge on any atom is -0.497 e. The molecule has 0 aliphatic carbocycles. The fourth-order valence-corrected chi connectivity index (χ4v) is 4.18. The Kier molecular flexibility index (Phi) is 6.66. The number of fused-ring (bicyclic) bond motifs is 1. The molecule has 0 aliphatic heterocycles. The third-order valence-corrected chi connectivity index (χ3v) is 5.79. The van der Waals surface area contributed by atoms with Gasteiger partial charge in [-0.2, -0.15) is 0 Å². The SMILES string of the molecule is COc1ccc(Cn2c(C(=O)O)c(CNCc3cccc(C)c3)c3ccc(OC)cc32)cc1. The molecule has 0 saturated heterocycles. The van der Waals surface area contributed by atoms with Crippen molar-refractivity contribution in [2.75, 3.05) is 14.2 Å². The van der Waals surface area contributed by atoms with Gasteiger partial charge in [-0.05, 0) is 42.3 Å². The van der Waals surface area contributed by atoms with Crippen molar-refractivity contribution in [2.45, 2.75) is 26.6 Å². The molecule has 4 aromatic rings. The fourth-order valence-electron chi connectivity index (χ4n) is 4.18. The zero-order valence-corrected chi connectivity index (χ0v) is 19.1. The highest BCUT2D eigenvalue weighted by atomic mass is 16.5. The molecule has 0 fully saturated rings. The number of aromatic carboxylic acids is 1. The second-order valence-electron chi connectivity index (χ2n) is 8.04. The van der Waals surface area contributed by atoms with E-state index in [4.69, 9.17) is 9.47 Å². The van der Waals surface area contributed by atoms with E-state index in [-0.39, 0.29) is 5.69 Å². The van der Waals surface area contributed by atoms with E-state index >= 15 is 0 Å². The van der Waals surface area contributed by atoms with Crippen LogP contribution in [0.4, 0.5) is 0 Å². The lowest BCUT2D eigenvalue weighted by atomic mass is 10.1. The van der Waals surface area contributed by atoms with Crippen molar-refractivity contribution in [1.29, 1.82) is 0 Å². The quantitative estimate of drug-likeness (QED) is 0.380. The summed E-state index contributed by atoms with van der Waals surface area (Å²) >= 11 is 0. The molecule has 0 bridgehead atoms. The van der Waals surface area contributed by atoms with Crippen LogP contribution in [0.15, 0.2) is 66.7 Å². The van der Waals surface area contributed by atoms with E-state index in [2.05, 4.69) is 30.4 Å². The van der Waals surface area contributed by atoms with Gasteiger partial charge in [0.05, 0.1) is 19.7 Å². The summed E-state index contributed by atoms with van der Waals surface area (Å²) in [4.78, 5) is 12.4. The number of rotatable bonds is 9. The number of carboxylic acids is 1. The van der Waals surface area contributed by atoms with E-state index < -0.39 is 5.97 Å². The lowest BCUT2D eigenvalue weighted by Gasteiger charge is -2.11. The van der Waals surface area contributed by atoms with E-state index in [0.717, 1.165) is 33.3 Å². The summed E-state index contributed by atoms with van der Waals surface area (Å²) in [6.45, 7) is 3.58. The first kappa shape index (κ1) is 22.4. The van der Waals surface area contributed by atoms with Gasteiger partial charge in [-0.25, -0.2) is 4.79 Å². The maximum atomic E-state index is 12.4. The molecule has 0 radical (unpaired) electrons. The highest BCUT2D eigenvalue weighted by Crippen LogP contribution is 2.31. The van der Waals surface area contributed by atoms with Gasteiger partial charge in [-0.15, -0.1) is 0 Å². The molecular weight excluding hydrogens is 416 g/mol. The van der Waals surface area contributed by atoms with Gasteiger partial charge in [-0.3, -0.25) is 0 Å². The van der Waals surface area contributed by atoms with E-state index in [9.17, 15) is 9.90 Å². The molecule has 2 N–H and O–H groups in total. The van der Waals surface area contributed by atoms with Crippen LogP contribution in [0.1, 0.15) is 32.7 Å². The molecular formula is C27H28N2O4. The molecule has 170 valence electrons.